The van der Waals surface area contributed by atoms with Crippen LogP contribution in [0.5, 0.6) is 0 Å². The fourth-order valence-corrected chi connectivity index (χ4v) is 2.09. The monoisotopic (exact) mass is 296 g/mol. The second-order valence-corrected chi connectivity index (χ2v) is 4.64. The summed E-state index contributed by atoms with van der Waals surface area (Å²) in [6.45, 7) is 0.436. The summed E-state index contributed by atoms with van der Waals surface area (Å²) in [6, 6.07) is 11.5. The maximum Gasteiger partial charge on any atom is 0.222 e. The van der Waals surface area contributed by atoms with E-state index in [1.54, 1.807) is 16.9 Å². The van der Waals surface area contributed by atoms with Crippen LogP contribution in [0.2, 0.25) is 0 Å². The number of aliphatic hydroxyl groups excluding tert-OH is 1. The Labute approximate surface area is 127 Å². The van der Waals surface area contributed by atoms with Gasteiger partial charge in [-0.25, -0.2) is 9.67 Å². The van der Waals surface area contributed by atoms with Crippen LogP contribution in [0.25, 0.3) is 16.9 Å². The Kier molecular flexibility index (Phi) is 3.97. The van der Waals surface area contributed by atoms with Gasteiger partial charge < -0.3 is 16.2 Å². The Morgan fingerprint density at radius 2 is 2.00 bits per heavy atom. The average molecular weight is 296 g/mol. The van der Waals surface area contributed by atoms with Crippen LogP contribution in [-0.4, -0.2) is 38.0 Å². The van der Waals surface area contributed by atoms with Crippen molar-refractivity contribution in [1.82, 2.24) is 19.7 Å². The van der Waals surface area contributed by atoms with E-state index < -0.39 is 0 Å². The van der Waals surface area contributed by atoms with Gasteiger partial charge in [0.1, 0.15) is 5.82 Å². The normalized spacial score (nSPS) is 10.6. The van der Waals surface area contributed by atoms with Crippen molar-refractivity contribution in [2.24, 2.45) is 0 Å². The molecule has 7 nitrogen and oxygen atoms in total. The second kappa shape index (κ2) is 6.23. The highest BCUT2D eigenvalue weighted by Gasteiger charge is 2.05. The van der Waals surface area contributed by atoms with Gasteiger partial charge >= 0.3 is 0 Å². The molecule has 1 aromatic carbocycles. The minimum absolute atomic E-state index is 0.0256. The maximum absolute atomic E-state index is 8.86. The number of nitrogen functional groups attached to an aromatic ring is 1. The first-order chi connectivity index (χ1) is 10.8. The number of nitrogens with zero attached hydrogens (tertiary/aromatic N) is 4. The molecule has 0 fully saturated rings. The molecule has 3 aromatic rings. The number of nitrogens with one attached hydrogen (secondary N) is 1. The standard InChI is InChI=1S/C15H16N6O/c16-15-19-13(10-14(20-15)17-7-9-22)11-2-4-12(5-3-11)21-8-1-6-18-21/h1-6,8,10,22H,7,9H2,(H3,16,17,19,20). The summed E-state index contributed by atoms with van der Waals surface area (Å²) in [5.74, 6) is 0.779. The summed E-state index contributed by atoms with van der Waals surface area (Å²) in [4.78, 5) is 8.33. The van der Waals surface area contributed by atoms with Crippen LogP contribution in [0, 0.1) is 0 Å². The van der Waals surface area contributed by atoms with Gasteiger partial charge in [0.25, 0.3) is 0 Å². The summed E-state index contributed by atoms with van der Waals surface area (Å²) < 4.78 is 1.78. The van der Waals surface area contributed by atoms with Gasteiger partial charge in [-0.1, -0.05) is 12.1 Å². The Morgan fingerprint density at radius 3 is 2.68 bits per heavy atom. The lowest BCUT2D eigenvalue weighted by Gasteiger charge is -2.08. The number of aliphatic hydroxyl groups is 1. The molecule has 4 N–H and O–H groups in total. The zero-order chi connectivity index (χ0) is 15.4. The van der Waals surface area contributed by atoms with E-state index in [1.807, 2.05) is 36.5 Å². The van der Waals surface area contributed by atoms with E-state index in [4.69, 9.17) is 10.8 Å². The van der Waals surface area contributed by atoms with Crippen molar-refractivity contribution in [3.8, 4) is 16.9 Å². The van der Waals surface area contributed by atoms with E-state index in [0.717, 1.165) is 16.9 Å². The van der Waals surface area contributed by atoms with Crippen molar-refractivity contribution < 1.29 is 5.11 Å². The van der Waals surface area contributed by atoms with Gasteiger partial charge in [0.2, 0.25) is 5.95 Å². The summed E-state index contributed by atoms with van der Waals surface area (Å²) in [5.41, 5.74) is 8.35. The molecule has 7 heteroatoms. The summed E-state index contributed by atoms with van der Waals surface area (Å²) >= 11 is 0. The molecule has 0 atom stereocenters. The van der Waals surface area contributed by atoms with E-state index in [1.165, 1.54) is 0 Å². The number of nitrogens with two attached hydrogens (primary N) is 1. The molecule has 0 saturated carbocycles. The highest BCUT2D eigenvalue weighted by Crippen LogP contribution is 2.22. The summed E-state index contributed by atoms with van der Waals surface area (Å²) in [7, 11) is 0. The van der Waals surface area contributed by atoms with Gasteiger partial charge in [-0.2, -0.15) is 10.1 Å². The molecular formula is C15H16N6O. The Balaban J connectivity index is 1.88. The second-order valence-electron chi connectivity index (χ2n) is 4.64. The minimum Gasteiger partial charge on any atom is -0.395 e. The molecule has 0 aliphatic carbocycles. The molecule has 0 bridgehead atoms. The molecule has 0 amide bonds. The number of benzene rings is 1. The molecule has 0 aliphatic rings. The molecule has 112 valence electrons. The van der Waals surface area contributed by atoms with Crippen LogP contribution in [0.3, 0.4) is 0 Å². The van der Waals surface area contributed by atoms with Gasteiger partial charge in [0.05, 0.1) is 18.0 Å². The van der Waals surface area contributed by atoms with Crippen molar-refractivity contribution in [1.29, 1.82) is 0 Å². The molecule has 0 unspecified atom stereocenters. The van der Waals surface area contributed by atoms with Crippen LogP contribution in [0.1, 0.15) is 0 Å². The number of rotatable bonds is 5. The molecule has 0 saturated heterocycles. The lowest BCUT2D eigenvalue weighted by atomic mass is 10.1. The zero-order valence-electron chi connectivity index (χ0n) is 11.8. The zero-order valence-corrected chi connectivity index (χ0v) is 11.8. The average Bonchev–Trinajstić information content (AvgIpc) is 3.07. The highest BCUT2D eigenvalue weighted by atomic mass is 16.3. The largest absolute Gasteiger partial charge is 0.395 e. The van der Waals surface area contributed by atoms with Gasteiger partial charge in [0, 0.05) is 30.6 Å². The summed E-state index contributed by atoms with van der Waals surface area (Å²) in [5, 5.41) is 16.0. The maximum atomic E-state index is 8.86. The molecule has 3 rings (SSSR count). The highest BCUT2D eigenvalue weighted by molar-refractivity contribution is 5.65. The van der Waals surface area contributed by atoms with Crippen molar-refractivity contribution in [3.05, 3.63) is 48.8 Å². The number of aromatic nitrogens is 4. The van der Waals surface area contributed by atoms with Crippen LogP contribution in [0.4, 0.5) is 11.8 Å². The Bertz CT molecular complexity index is 739. The molecule has 2 aromatic heterocycles. The van der Waals surface area contributed by atoms with Gasteiger partial charge in [-0.15, -0.1) is 0 Å². The van der Waals surface area contributed by atoms with E-state index >= 15 is 0 Å². The molecule has 0 spiro atoms. The Hall–Kier alpha value is -2.93. The number of hydrogen-bond donors (Lipinski definition) is 3. The van der Waals surface area contributed by atoms with Gasteiger partial charge in [0.15, 0.2) is 0 Å². The summed E-state index contributed by atoms with van der Waals surface area (Å²) in [6.07, 6.45) is 3.62. The first kappa shape index (κ1) is 14.0. The smallest absolute Gasteiger partial charge is 0.222 e. The third-order valence-corrected chi connectivity index (χ3v) is 3.09. The lowest BCUT2D eigenvalue weighted by Crippen LogP contribution is -2.09. The van der Waals surface area contributed by atoms with Crippen LogP contribution < -0.4 is 11.1 Å². The van der Waals surface area contributed by atoms with Crippen molar-refractivity contribution in [3.63, 3.8) is 0 Å². The topological polar surface area (TPSA) is 102 Å². The number of hydrogen-bond acceptors (Lipinski definition) is 6. The lowest BCUT2D eigenvalue weighted by molar-refractivity contribution is 0.311. The predicted octanol–water partition coefficient (Wildman–Crippen LogP) is 1.32. The third-order valence-electron chi connectivity index (χ3n) is 3.09. The van der Waals surface area contributed by atoms with E-state index in [9.17, 15) is 0 Å². The molecule has 0 aliphatic heterocycles. The fraction of sp³-hybridized carbons (Fsp3) is 0.133. The molecule has 2 heterocycles. The van der Waals surface area contributed by atoms with E-state index in [0.29, 0.717) is 12.4 Å². The van der Waals surface area contributed by atoms with Crippen molar-refractivity contribution in [2.45, 2.75) is 0 Å². The molecule has 22 heavy (non-hydrogen) atoms. The minimum atomic E-state index is 0.0256. The Morgan fingerprint density at radius 1 is 1.18 bits per heavy atom. The van der Waals surface area contributed by atoms with Crippen LogP contribution in [-0.2, 0) is 0 Å². The van der Waals surface area contributed by atoms with Crippen LogP contribution in [0.15, 0.2) is 48.8 Å². The quantitative estimate of drug-likeness (QED) is 0.656. The molecular weight excluding hydrogens is 280 g/mol. The first-order valence-electron chi connectivity index (χ1n) is 6.86. The fourth-order valence-electron chi connectivity index (χ4n) is 2.09. The molecule has 0 radical (unpaired) electrons. The first-order valence-corrected chi connectivity index (χ1v) is 6.86. The third kappa shape index (κ3) is 3.04. The van der Waals surface area contributed by atoms with E-state index in [2.05, 4.69) is 20.4 Å². The van der Waals surface area contributed by atoms with Crippen molar-refractivity contribution >= 4 is 11.8 Å². The SMILES string of the molecule is Nc1nc(NCCO)cc(-c2ccc(-n3cccn3)cc2)n1. The predicted molar refractivity (Wildman–Crippen MR) is 84.6 cm³/mol. The van der Waals surface area contributed by atoms with E-state index in [-0.39, 0.29) is 12.6 Å². The number of anilines is 2. The van der Waals surface area contributed by atoms with Gasteiger partial charge in [-0.3, -0.25) is 0 Å². The van der Waals surface area contributed by atoms with Crippen LogP contribution >= 0.6 is 0 Å². The van der Waals surface area contributed by atoms with Gasteiger partial charge in [-0.05, 0) is 18.2 Å². The van der Waals surface area contributed by atoms with Crippen molar-refractivity contribution in [2.75, 3.05) is 24.2 Å².